The second kappa shape index (κ2) is 11.0. The Kier molecular flexibility index (Phi) is 7.76. The smallest absolute Gasteiger partial charge is 0.264 e. The second-order valence-electron chi connectivity index (χ2n) is 9.41. The van der Waals surface area contributed by atoms with Gasteiger partial charge in [-0.25, -0.2) is 22.5 Å². The van der Waals surface area contributed by atoms with Crippen molar-refractivity contribution in [1.82, 2.24) is 4.98 Å². The van der Waals surface area contributed by atoms with Crippen LogP contribution in [-0.2, 0) is 12.0 Å². The van der Waals surface area contributed by atoms with Crippen LogP contribution in [0.2, 0.25) is 0 Å². The number of hydrogen-bond donors (Lipinski definition) is 1. The van der Waals surface area contributed by atoms with Gasteiger partial charge in [0.1, 0.15) is 5.82 Å². The molecule has 0 aliphatic heterocycles. The third kappa shape index (κ3) is 6.25. The molecule has 1 atom stereocenters. The number of alkyl halides is 4. The van der Waals surface area contributed by atoms with E-state index in [0.717, 1.165) is 28.8 Å². The Morgan fingerprint density at radius 2 is 1.49 bits per heavy atom. The lowest BCUT2D eigenvalue weighted by atomic mass is 9.85. The number of anilines is 1. The SMILES string of the molecule is CC(C)(Nc1ccc(C(Cc2cc[n+]([O-])cc2)c2ccc(C(F)F)c(C(F)F)c2)cn1)c1ccccc1. The van der Waals surface area contributed by atoms with E-state index in [-0.39, 0.29) is 0 Å². The lowest BCUT2D eigenvalue weighted by Crippen LogP contribution is -2.28. The van der Waals surface area contributed by atoms with Gasteiger partial charge in [0.2, 0.25) is 0 Å². The number of hydrogen-bond acceptors (Lipinski definition) is 3. The summed E-state index contributed by atoms with van der Waals surface area (Å²) in [6.07, 6.45) is -1.31. The molecule has 2 heterocycles. The monoisotopic (exact) mass is 509 g/mol. The van der Waals surface area contributed by atoms with E-state index in [1.165, 1.54) is 18.5 Å². The van der Waals surface area contributed by atoms with E-state index in [4.69, 9.17) is 0 Å². The van der Waals surface area contributed by atoms with Gasteiger partial charge in [-0.3, -0.25) is 0 Å². The van der Waals surface area contributed by atoms with E-state index in [1.54, 1.807) is 18.3 Å². The van der Waals surface area contributed by atoms with Gasteiger partial charge in [-0.1, -0.05) is 48.5 Å². The molecule has 0 saturated carbocycles. The topological polar surface area (TPSA) is 51.9 Å². The van der Waals surface area contributed by atoms with E-state index in [0.29, 0.717) is 22.5 Å². The van der Waals surface area contributed by atoms with Crippen LogP contribution < -0.4 is 10.0 Å². The maximum atomic E-state index is 13.7. The highest BCUT2D eigenvalue weighted by atomic mass is 19.3. The molecule has 0 fully saturated rings. The number of pyridine rings is 2. The zero-order valence-corrected chi connectivity index (χ0v) is 20.4. The third-order valence-corrected chi connectivity index (χ3v) is 6.42. The molecule has 37 heavy (non-hydrogen) atoms. The van der Waals surface area contributed by atoms with Gasteiger partial charge in [0.05, 0.1) is 5.54 Å². The van der Waals surface area contributed by atoms with Crippen molar-refractivity contribution in [3.63, 3.8) is 0 Å². The second-order valence-corrected chi connectivity index (χ2v) is 9.41. The fourth-order valence-electron chi connectivity index (χ4n) is 4.37. The quantitative estimate of drug-likeness (QED) is 0.146. The minimum Gasteiger partial charge on any atom is -0.619 e. The summed E-state index contributed by atoms with van der Waals surface area (Å²) in [5, 5.41) is 14.9. The largest absolute Gasteiger partial charge is 0.619 e. The van der Waals surface area contributed by atoms with Crippen molar-refractivity contribution in [2.24, 2.45) is 0 Å². The lowest BCUT2D eigenvalue weighted by Gasteiger charge is -2.28. The summed E-state index contributed by atoms with van der Waals surface area (Å²) in [5.74, 6) is 0.181. The van der Waals surface area contributed by atoms with Gasteiger partial charge in [-0.05, 0) is 54.7 Å². The van der Waals surface area contributed by atoms with Crippen LogP contribution in [0.5, 0.6) is 0 Å². The predicted molar refractivity (Wildman–Crippen MR) is 135 cm³/mol. The summed E-state index contributed by atoms with van der Waals surface area (Å²) in [7, 11) is 0. The van der Waals surface area contributed by atoms with Crippen molar-refractivity contribution in [2.75, 3.05) is 5.32 Å². The Labute approximate surface area is 213 Å². The molecule has 0 bridgehead atoms. The van der Waals surface area contributed by atoms with Crippen molar-refractivity contribution >= 4 is 5.82 Å². The molecule has 2 aromatic carbocycles. The van der Waals surface area contributed by atoms with Crippen LogP contribution >= 0.6 is 0 Å². The highest BCUT2D eigenvalue weighted by Gasteiger charge is 2.24. The molecule has 4 nitrogen and oxygen atoms in total. The van der Waals surface area contributed by atoms with Crippen LogP contribution in [0.15, 0.2) is 91.4 Å². The molecule has 0 aliphatic rings. The van der Waals surface area contributed by atoms with Gasteiger partial charge in [0, 0.05) is 35.4 Å². The minimum atomic E-state index is -3.04. The molecule has 8 heteroatoms. The first-order valence-corrected chi connectivity index (χ1v) is 11.8. The van der Waals surface area contributed by atoms with Gasteiger partial charge >= 0.3 is 0 Å². The molecule has 0 aliphatic carbocycles. The molecular formula is C29H27F4N3O. The van der Waals surface area contributed by atoms with Crippen molar-refractivity contribution < 1.29 is 22.3 Å². The highest BCUT2D eigenvalue weighted by molar-refractivity contribution is 5.45. The van der Waals surface area contributed by atoms with Gasteiger partial charge in [-0.15, -0.1) is 0 Å². The number of halogens is 4. The number of nitrogens with one attached hydrogen (secondary N) is 1. The average molecular weight is 510 g/mol. The first-order chi connectivity index (χ1) is 17.6. The molecule has 1 N–H and O–H groups in total. The van der Waals surface area contributed by atoms with E-state index >= 15 is 0 Å². The summed E-state index contributed by atoms with van der Waals surface area (Å²) in [6, 6.07) is 20.5. The number of rotatable bonds is 9. The molecule has 2 aromatic heterocycles. The van der Waals surface area contributed by atoms with Crippen molar-refractivity contribution in [1.29, 1.82) is 0 Å². The zero-order valence-electron chi connectivity index (χ0n) is 20.4. The lowest BCUT2D eigenvalue weighted by molar-refractivity contribution is -0.605. The fourth-order valence-corrected chi connectivity index (χ4v) is 4.37. The fraction of sp³-hybridized carbons (Fsp3) is 0.241. The van der Waals surface area contributed by atoms with Gasteiger partial charge < -0.3 is 10.5 Å². The summed E-state index contributed by atoms with van der Waals surface area (Å²) >= 11 is 0. The van der Waals surface area contributed by atoms with Crippen LogP contribution in [0.1, 0.15) is 66.0 Å². The maximum absolute atomic E-state index is 13.7. The first-order valence-electron chi connectivity index (χ1n) is 11.8. The third-order valence-electron chi connectivity index (χ3n) is 6.42. The molecule has 0 radical (unpaired) electrons. The summed E-state index contributed by atoms with van der Waals surface area (Å²) in [6.45, 7) is 4.07. The Morgan fingerprint density at radius 3 is 2.08 bits per heavy atom. The summed E-state index contributed by atoms with van der Waals surface area (Å²) < 4.78 is 54.7. The van der Waals surface area contributed by atoms with Crippen LogP contribution in [0.25, 0.3) is 0 Å². The molecule has 0 spiro atoms. The maximum Gasteiger partial charge on any atom is 0.264 e. The van der Waals surface area contributed by atoms with Crippen LogP contribution in [0.3, 0.4) is 0 Å². The minimum absolute atomic E-state index is 0.363. The van der Waals surface area contributed by atoms with E-state index in [9.17, 15) is 22.8 Å². The predicted octanol–water partition coefficient (Wildman–Crippen LogP) is 7.31. The number of nitrogens with zero attached hydrogens (tertiary/aromatic N) is 2. The zero-order chi connectivity index (χ0) is 26.6. The molecule has 192 valence electrons. The number of benzene rings is 2. The van der Waals surface area contributed by atoms with Crippen LogP contribution in [0, 0.1) is 5.21 Å². The molecule has 4 rings (SSSR count). The van der Waals surface area contributed by atoms with Crippen LogP contribution in [0.4, 0.5) is 23.4 Å². The van der Waals surface area contributed by atoms with E-state index < -0.39 is 35.4 Å². The molecule has 1 unspecified atom stereocenters. The Balaban J connectivity index is 1.68. The first kappa shape index (κ1) is 26.1. The van der Waals surface area contributed by atoms with Crippen molar-refractivity contribution in [3.8, 4) is 0 Å². The molecular weight excluding hydrogens is 482 g/mol. The standard InChI is InChI=1S/C29H27F4N3O/c1-29(2,22-6-4-3-5-7-22)35-26-11-9-21(18-34-26)24(16-19-12-14-36(37)15-13-19)20-8-10-23(27(30)31)25(17-20)28(32)33/h3-15,17-18,24,27-28H,16H2,1-2H3,(H,34,35). The molecule has 0 saturated heterocycles. The number of aromatic nitrogens is 2. The average Bonchev–Trinajstić information content (AvgIpc) is 2.89. The van der Waals surface area contributed by atoms with Gasteiger partial charge in [0.25, 0.3) is 12.9 Å². The molecule has 4 aromatic rings. The highest BCUT2D eigenvalue weighted by Crippen LogP contribution is 2.36. The van der Waals surface area contributed by atoms with Gasteiger partial charge in [0.15, 0.2) is 12.4 Å². The van der Waals surface area contributed by atoms with Crippen LogP contribution in [-0.4, -0.2) is 4.98 Å². The van der Waals surface area contributed by atoms with Gasteiger partial charge in [-0.2, -0.15) is 4.73 Å². The summed E-state index contributed by atoms with van der Waals surface area (Å²) in [5.41, 5.74) is 1.31. The van der Waals surface area contributed by atoms with E-state index in [1.807, 2.05) is 56.3 Å². The van der Waals surface area contributed by atoms with Crippen molar-refractivity contribution in [2.45, 2.75) is 44.6 Å². The molecule has 0 amide bonds. The Bertz CT molecular complexity index is 1310. The normalized spacial score (nSPS) is 12.6. The van der Waals surface area contributed by atoms with Crippen molar-refractivity contribution in [3.05, 3.63) is 130 Å². The Morgan fingerprint density at radius 1 is 0.838 bits per heavy atom. The van der Waals surface area contributed by atoms with E-state index in [2.05, 4.69) is 10.3 Å². The Hall–Kier alpha value is -3.94. The summed E-state index contributed by atoms with van der Waals surface area (Å²) in [4.78, 5) is 4.56.